The van der Waals surface area contributed by atoms with Crippen LogP contribution in [0.4, 0.5) is 4.79 Å². The molecule has 0 heterocycles. The number of benzene rings is 1. The maximum atomic E-state index is 12.8. The average molecular weight is 332 g/mol. The van der Waals surface area contributed by atoms with Gasteiger partial charge in [-0.15, -0.1) is 0 Å². The van der Waals surface area contributed by atoms with E-state index in [9.17, 15) is 14.4 Å². The highest BCUT2D eigenvalue weighted by atomic mass is 16.2. The van der Waals surface area contributed by atoms with Gasteiger partial charge in [0.05, 0.1) is 19.0 Å². The highest BCUT2D eigenvalue weighted by molar-refractivity contribution is 5.85. The number of nitrogens with zero attached hydrogens (tertiary/aromatic N) is 1. The lowest BCUT2D eigenvalue weighted by Gasteiger charge is -2.29. The van der Waals surface area contributed by atoms with Crippen molar-refractivity contribution in [1.82, 2.24) is 10.2 Å². The normalized spacial score (nSPS) is 15.7. The van der Waals surface area contributed by atoms with Gasteiger partial charge in [0.1, 0.15) is 0 Å². The molecule has 7 heteroatoms. The van der Waals surface area contributed by atoms with Crippen LogP contribution >= 0.6 is 0 Å². The Morgan fingerprint density at radius 2 is 1.75 bits per heavy atom. The lowest BCUT2D eigenvalue weighted by atomic mass is 10.0. The molecule has 0 spiro atoms. The van der Waals surface area contributed by atoms with E-state index >= 15 is 0 Å². The molecule has 0 radical (unpaired) electrons. The minimum atomic E-state index is -0.695. The van der Waals surface area contributed by atoms with Gasteiger partial charge in [-0.1, -0.05) is 43.2 Å². The van der Waals surface area contributed by atoms with Gasteiger partial charge < -0.3 is 21.7 Å². The first-order valence-electron chi connectivity index (χ1n) is 8.16. The van der Waals surface area contributed by atoms with Crippen molar-refractivity contribution in [3.63, 3.8) is 0 Å². The molecular formula is C17H24N4O3. The first-order valence-corrected chi connectivity index (χ1v) is 8.16. The summed E-state index contributed by atoms with van der Waals surface area (Å²) in [4.78, 5) is 36.9. The van der Waals surface area contributed by atoms with Gasteiger partial charge in [0.2, 0.25) is 11.8 Å². The summed E-state index contributed by atoms with van der Waals surface area (Å²) in [7, 11) is 0. The van der Waals surface area contributed by atoms with E-state index in [1.807, 2.05) is 30.3 Å². The van der Waals surface area contributed by atoms with Crippen LogP contribution in [0.15, 0.2) is 30.3 Å². The monoisotopic (exact) mass is 332 g/mol. The molecule has 0 unspecified atom stereocenters. The van der Waals surface area contributed by atoms with Crippen molar-refractivity contribution in [3.8, 4) is 0 Å². The summed E-state index contributed by atoms with van der Waals surface area (Å²) >= 11 is 0. The zero-order chi connectivity index (χ0) is 17.5. The fourth-order valence-electron chi connectivity index (χ4n) is 3.21. The van der Waals surface area contributed by atoms with Crippen molar-refractivity contribution in [2.24, 2.45) is 11.5 Å². The molecule has 1 aromatic carbocycles. The van der Waals surface area contributed by atoms with Crippen LogP contribution < -0.4 is 16.8 Å². The van der Waals surface area contributed by atoms with Crippen LogP contribution in [-0.2, 0) is 9.59 Å². The van der Waals surface area contributed by atoms with Gasteiger partial charge >= 0.3 is 6.03 Å². The second kappa shape index (κ2) is 8.33. The Morgan fingerprint density at radius 3 is 2.29 bits per heavy atom. The number of primary amides is 2. The third-order valence-electron chi connectivity index (χ3n) is 4.31. The number of rotatable bonds is 7. The molecule has 0 saturated heterocycles. The summed E-state index contributed by atoms with van der Waals surface area (Å²) < 4.78 is 0. The van der Waals surface area contributed by atoms with E-state index in [1.54, 1.807) is 4.90 Å². The number of nitrogens with one attached hydrogen (secondary N) is 1. The van der Waals surface area contributed by atoms with Crippen molar-refractivity contribution >= 4 is 17.8 Å². The molecule has 24 heavy (non-hydrogen) atoms. The van der Waals surface area contributed by atoms with Crippen molar-refractivity contribution < 1.29 is 14.4 Å². The molecule has 1 aliphatic rings. The van der Waals surface area contributed by atoms with E-state index in [0.29, 0.717) is 0 Å². The van der Waals surface area contributed by atoms with Gasteiger partial charge in [-0.2, -0.15) is 0 Å². The van der Waals surface area contributed by atoms with Crippen LogP contribution in [0, 0.1) is 0 Å². The average Bonchev–Trinajstić information content (AvgIpc) is 3.06. The Morgan fingerprint density at radius 1 is 1.12 bits per heavy atom. The molecule has 1 aromatic rings. The number of carbonyl (C=O) groups excluding carboxylic acids is 3. The second-order valence-electron chi connectivity index (χ2n) is 6.10. The topological polar surface area (TPSA) is 119 Å². The van der Waals surface area contributed by atoms with Crippen LogP contribution in [0.5, 0.6) is 0 Å². The molecule has 0 aromatic heterocycles. The standard InChI is InChI=1S/C17H24N4O3/c18-15(22)11-21(13-8-4-5-9-13)16(23)10-14(20-17(19)24)12-6-2-1-3-7-12/h1-3,6-7,13-14H,4-5,8-11H2,(H2,18,22)(H3,19,20,24)/t14-/m1/s1. The van der Waals surface area contributed by atoms with E-state index in [0.717, 1.165) is 31.2 Å². The number of amides is 4. The Balaban J connectivity index is 2.14. The number of urea groups is 1. The number of hydrogen-bond donors (Lipinski definition) is 3. The largest absolute Gasteiger partial charge is 0.368 e. The third kappa shape index (κ3) is 4.97. The SMILES string of the molecule is NC(=O)CN(C(=O)C[C@@H](NC(N)=O)c1ccccc1)C1CCCC1. The predicted molar refractivity (Wildman–Crippen MR) is 89.7 cm³/mol. The summed E-state index contributed by atoms with van der Waals surface area (Å²) in [6.07, 6.45) is 3.86. The van der Waals surface area contributed by atoms with Crippen molar-refractivity contribution in [2.75, 3.05) is 6.54 Å². The quantitative estimate of drug-likeness (QED) is 0.692. The van der Waals surface area contributed by atoms with Crippen LogP contribution in [0.3, 0.4) is 0 Å². The number of carbonyl (C=O) groups is 3. The van der Waals surface area contributed by atoms with Gasteiger partial charge in [-0.25, -0.2) is 4.79 Å². The first kappa shape index (κ1) is 17.8. The van der Waals surface area contributed by atoms with Gasteiger partial charge in [0.15, 0.2) is 0 Å². The van der Waals surface area contributed by atoms with E-state index in [1.165, 1.54) is 0 Å². The third-order valence-corrected chi connectivity index (χ3v) is 4.31. The number of hydrogen-bond acceptors (Lipinski definition) is 3. The smallest absolute Gasteiger partial charge is 0.312 e. The highest BCUT2D eigenvalue weighted by Crippen LogP contribution is 2.26. The molecule has 5 N–H and O–H groups in total. The van der Waals surface area contributed by atoms with E-state index in [2.05, 4.69) is 5.32 Å². The van der Waals surface area contributed by atoms with Crippen molar-refractivity contribution in [2.45, 2.75) is 44.2 Å². The Kier molecular flexibility index (Phi) is 6.17. The molecular weight excluding hydrogens is 308 g/mol. The Bertz CT molecular complexity index is 585. The van der Waals surface area contributed by atoms with Crippen molar-refractivity contribution in [1.29, 1.82) is 0 Å². The molecule has 130 valence electrons. The van der Waals surface area contributed by atoms with Gasteiger partial charge in [0.25, 0.3) is 0 Å². The molecule has 0 bridgehead atoms. The highest BCUT2D eigenvalue weighted by Gasteiger charge is 2.29. The second-order valence-corrected chi connectivity index (χ2v) is 6.10. The molecule has 0 aliphatic heterocycles. The molecule has 1 saturated carbocycles. The molecule has 4 amide bonds. The van der Waals surface area contributed by atoms with Crippen LogP contribution in [0.25, 0.3) is 0 Å². The zero-order valence-corrected chi connectivity index (χ0v) is 13.6. The molecule has 2 rings (SSSR count). The van der Waals surface area contributed by atoms with E-state index < -0.39 is 18.0 Å². The Hall–Kier alpha value is -2.57. The Labute approximate surface area is 141 Å². The molecule has 1 aliphatic carbocycles. The van der Waals surface area contributed by atoms with Gasteiger partial charge in [0, 0.05) is 6.04 Å². The molecule has 7 nitrogen and oxygen atoms in total. The molecule has 1 atom stereocenters. The zero-order valence-electron chi connectivity index (χ0n) is 13.6. The fourth-order valence-corrected chi connectivity index (χ4v) is 3.21. The first-order chi connectivity index (χ1) is 11.5. The van der Waals surface area contributed by atoms with E-state index in [-0.39, 0.29) is 24.9 Å². The minimum Gasteiger partial charge on any atom is -0.368 e. The van der Waals surface area contributed by atoms with Gasteiger partial charge in [-0.3, -0.25) is 9.59 Å². The van der Waals surface area contributed by atoms with Crippen LogP contribution in [0.1, 0.15) is 43.7 Å². The van der Waals surface area contributed by atoms with E-state index in [4.69, 9.17) is 11.5 Å². The summed E-state index contributed by atoms with van der Waals surface area (Å²) in [6, 6.07) is 7.96. The van der Waals surface area contributed by atoms with Crippen LogP contribution in [-0.4, -0.2) is 35.3 Å². The summed E-state index contributed by atoms with van der Waals surface area (Å²) in [5.74, 6) is -0.738. The lowest BCUT2D eigenvalue weighted by molar-refractivity contribution is -0.137. The summed E-state index contributed by atoms with van der Waals surface area (Å²) in [5.41, 5.74) is 11.3. The summed E-state index contributed by atoms with van der Waals surface area (Å²) in [6.45, 7) is -0.0957. The van der Waals surface area contributed by atoms with Crippen molar-refractivity contribution in [3.05, 3.63) is 35.9 Å². The number of nitrogens with two attached hydrogens (primary N) is 2. The van der Waals surface area contributed by atoms with Crippen LogP contribution in [0.2, 0.25) is 0 Å². The fraction of sp³-hybridized carbons (Fsp3) is 0.471. The summed E-state index contributed by atoms with van der Waals surface area (Å²) in [5, 5.41) is 2.60. The molecule has 1 fully saturated rings. The maximum absolute atomic E-state index is 12.8. The maximum Gasteiger partial charge on any atom is 0.312 e. The van der Waals surface area contributed by atoms with Gasteiger partial charge in [-0.05, 0) is 18.4 Å². The predicted octanol–water partition coefficient (Wildman–Crippen LogP) is 1.04. The minimum absolute atomic E-state index is 0.0370. The lowest BCUT2D eigenvalue weighted by Crippen LogP contribution is -2.46.